The number of halogens is 1. The Morgan fingerprint density at radius 2 is 1.84 bits per heavy atom. The van der Waals surface area contributed by atoms with Crippen LogP contribution in [0.15, 0.2) is 73.3 Å². The normalized spacial score (nSPS) is 13.9. The molecule has 0 bridgehead atoms. The Bertz CT molecular complexity index is 1390. The van der Waals surface area contributed by atoms with Gasteiger partial charge in [-0.25, -0.2) is 9.48 Å². The molecule has 0 spiro atoms. The molecule has 37 heavy (non-hydrogen) atoms. The molecule has 1 aliphatic rings. The van der Waals surface area contributed by atoms with Gasteiger partial charge in [0.05, 0.1) is 40.7 Å². The summed E-state index contributed by atoms with van der Waals surface area (Å²) in [4.78, 5) is 25.3. The number of carbonyl (C=O) groups is 2. The van der Waals surface area contributed by atoms with Crippen LogP contribution in [-0.2, 0) is 13.0 Å². The van der Waals surface area contributed by atoms with Crippen LogP contribution in [0.4, 0.5) is 16.2 Å². The molecule has 0 aliphatic carbocycles. The van der Waals surface area contributed by atoms with E-state index in [0.717, 1.165) is 38.0 Å². The monoisotopic (exact) mass is 517 g/mol. The van der Waals surface area contributed by atoms with E-state index in [2.05, 4.69) is 26.1 Å². The van der Waals surface area contributed by atoms with Crippen LogP contribution in [0.3, 0.4) is 0 Å². The Balaban J connectivity index is 1.20. The van der Waals surface area contributed by atoms with Crippen molar-refractivity contribution in [3.05, 3.63) is 89.5 Å². The van der Waals surface area contributed by atoms with Gasteiger partial charge in [0.25, 0.3) is 0 Å². The molecule has 2 aromatic heterocycles. The highest BCUT2D eigenvalue weighted by molar-refractivity contribution is 6.33. The lowest BCUT2D eigenvalue weighted by atomic mass is 9.98. The minimum absolute atomic E-state index is 0.00730. The van der Waals surface area contributed by atoms with Crippen molar-refractivity contribution >= 4 is 34.8 Å². The number of hydrogen-bond acceptors (Lipinski definition) is 5. The third-order valence-electron chi connectivity index (χ3n) is 6.35. The van der Waals surface area contributed by atoms with Gasteiger partial charge < -0.3 is 16.0 Å². The molecule has 2 amide bonds. The summed E-state index contributed by atoms with van der Waals surface area (Å²) in [5, 5.41) is 18.1. The van der Waals surface area contributed by atoms with E-state index in [1.165, 1.54) is 6.20 Å². The first-order valence-corrected chi connectivity index (χ1v) is 12.6. The van der Waals surface area contributed by atoms with Crippen LogP contribution in [0.2, 0.25) is 5.02 Å². The lowest BCUT2D eigenvalue weighted by molar-refractivity contribution is 0.0993. The van der Waals surface area contributed by atoms with Gasteiger partial charge in [0.1, 0.15) is 0 Å². The molecule has 3 N–H and O–H groups in total. The van der Waals surface area contributed by atoms with E-state index in [9.17, 15) is 9.59 Å². The number of amides is 2. The molecule has 10 heteroatoms. The van der Waals surface area contributed by atoms with Crippen LogP contribution in [0.25, 0.3) is 5.69 Å². The lowest BCUT2D eigenvalue weighted by Crippen LogP contribution is -2.29. The van der Waals surface area contributed by atoms with Gasteiger partial charge in [-0.15, -0.1) is 0 Å². The molecule has 0 atom stereocenters. The first kappa shape index (κ1) is 24.7. The zero-order valence-electron chi connectivity index (χ0n) is 20.2. The molecule has 1 aliphatic heterocycles. The molecule has 4 aromatic rings. The van der Waals surface area contributed by atoms with Crippen LogP contribution in [-0.4, -0.2) is 44.5 Å². The molecule has 1 saturated heterocycles. The fraction of sp³-hybridized carbons (Fsp3) is 0.259. The Hall–Kier alpha value is -3.95. The van der Waals surface area contributed by atoms with E-state index in [0.29, 0.717) is 33.6 Å². The molecule has 0 unspecified atom stereocenters. The fourth-order valence-corrected chi connectivity index (χ4v) is 4.59. The number of nitrogens with zero attached hydrogens (tertiary/aromatic N) is 4. The highest BCUT2D eigenvalue weighted by atomic mass is 35.5. The average Bonchev–Trinajstić information content (AvgIpc) is 3.55. The van der Waals surface area contributed by atoms with Crippen molar-refractivity contribution in [1.29, 1.82) is 0 Å². The Morgan fingerprint density at radius 3 is 2.68 bits per heavy atom. The number of Topliss-reactive ketones (excluding diaryl/α,β-unsaturated/α-hetero) is 1. The average molecular weight is 518 g/mol. The summed E-state index contributed by atoms with van der Waals surface area (Å²) in [6, 6.07) is 13.8. The second-order valence-electron chi connectivity index (χ2n) is 9.15. The standard InChI is InChI=1S/C27H28ClN7O2/c28-24-6-1-2-7-25(24)33-27(37)32-22-15-31-35(18-22)23-5-3-4-21(13-23)26(36)12-20-14-30-34(17-20)16-19-8-10-29-11-9-19/h1-7,13-15,17-19,29H,8-12,16H2,(H2,32,33,37). The second kappa shape index (κ2) is 11.4. The summed E-state index contributed by atoms with van der Waals surface area (Å²) in [7, 11) is 0. The molecule has 0 saturated carbocycles. The molecule has 0 radical (unpaired) electrons. The molecular formula is C27H28ClN7O2. The van der Waals surface area contributed by atoms with Crippen LogP contribution >= 0.6 is 11.6 Å². The topological polar surface area (TPSA) is 106 Å². The van der Waals surface area contributed by atoms with Crippen LogP contribution in [0, 0.1) is 5.92 Å². The Kier molecular flexibility index (Phi) is 7.62. The van der Waals surface area contributed by atoms with E-state index in [-0.39, 0.29) is 12.2 Å². The Labute approximate surface area is 219 Å². The van der Waals surface area contributed by atoms with Crippen molar-refractivity contribution in [3.63, 3.8) is 0 Å². The van der Waals surface area contributed by atoms with E-state index < -0.39 is 6.03 Å². The first-order valence-electron chi connectivity index (χ1n) is 12.3. The molecule has 2 aromatic carbocycles. The minimum atomic E-state index is -0.433. The van der Waals surface area contributed by atoms with Crippen LogP contribution in [0.1, 0.15) is 28.8 Å². The van der Waals surface area contributed by atoms with Crippen molar-refractivity contribution in [1.82, 2.24) is 24.9 Å². The highest BCUT2D eigenvalue weighted by Crippen LogP contribution is 2.21. The second-order valence-corrected chi connectivity index (χ2v) is 9.55. The molecule has 9 nitrogen and oxygen atoms in total. The van der Waals surface area contributed by atoms with Crippen molar-refractivity contribution in [2.75, 3.05) is 23.7 Å². The number of carbonyl (C=O) groups excluding carboxylic acids is 2. The number of aromatic nitrogens is 4. The maximum absolute atomic E-state index is 13.0. The first-order chi connectivity index (χ1) is 18.0. The van der Waals surface area contributed by atoms with E-state index in [4.69, 9.17) is 11.6 Å². The number of benzene rings is 2. The van der Waals surface area contributed by atoms with Gasteiger partial charge in [-0.1, -0.05) is 35.9 Å². The van der Waals surface area contributed by atoms with E-state index >= 15 is 0 Å². The predicted molar refractivity (Wildman–Crippen MR) is 144 cm³/mol. The molecule has 1 fully saturated rings. The molecule has 190 valence electrons. The number of ketones is 1. The maximum atomic E-state index is 13.0. The van der Waals surface area contributed by atoms with Gasteiger partial charge in [-0.2, -0.15) is 10.2 Å². The fourth-order valence-electron chi connectivity index (χ4n) is 4.41. The number of anilines is 2. The third kappa shape index (κ3) is 6.44. The van der Waals surface area contributed by atoms with Gasteiger partial charge in [0, 0.05) is 24.7 Å². The quantitative estimate of drug-likeness (QED) is 0.291. The summed E-state index contributed by atoms with van der Waals surface area (Å²) >= 11 is 6.09. The van der Waals surface area contributed by atoms with Crippen LogP contribution < -0.4 is 16.0 Å². The summed E-state index contributed by atoms with van der Waals surface area (Å²) in [5.74, 6) is 0.630. The number of nitrogens with one attached hydrogen (secondary N) is 3. The van der Waals surface area contributed by atoms with Gasteiger partial charge in [-0.05, 0) is 61.7 Å². The molecular weight excluding hydrogens is 490 g/mol. The molecule has 5 rings (SSSR count). The summed E-state index contributed by atoms with van der Waals surface area (Å²) < 4.78 is 3.56. The lowest BCUT2D eigenvalue weighted by Gasteiger charge is -2.22. The van der Waals surface area contributed by atoms with Crippen LogP contribution in [0.5, 0.6) is 0 Å². The summed E-state index contributed by atoms with van der Waals surface area (Å²) in [6.07, 6.45) is 9.56. The van der Waals surface area contributed by atoms with Crippen molar-refractivity contribution in [2.45, 2.75) is 25.8 Å². The van der Waals surface area contributed by atoms with Gasteiger partial charge in [0.2, 0.25) is 0 Å². The Morgan fingerprint density at radius 1 is 1.00 bits per heavy atom. The van der Waals surface area contributed by atoms with E-state index in [1.54, 1.807) is 53.5 Å². The van der Waals surface area contributed by atoms with Crippen molar-refractivity contribution in [2.24, 2.45) is 5.92 Å². The van der Waals surface area contributed by atoms with Gasteiger partial charge >= 0.3 is 6.03 Å². The SMILES string of the molecule is O=C(Nc1cnn(-c2cccc(C(=O)Cc3cnn(CC4CCNCC4)c3)c2)c1)Nc1ccccc1Cl. The predicted octanol–water partition coefficient (Wildman–Crippen LogP) is 4.79. The van der Waals surface area contributed by atoms with Crippen molar-refractivity contribution < 1.29 is 9.59 Å². The smallest absolute Gasteiger partial charge is 0.317 e. The zero-order chi connectivity index (χ0) is 25.6. The zero-order valence-corrected chi connectivity index (χ0v) is 21.0. The molecule has 3 heterocycles. The van der Waals surface area contributed by atoms with Gasteiger partial charge in [0.15, 0.2) is 5.78 Å². The number of hydrogen-bond donors (Lipinski definition) is 3. The third-order valence-corrected chi connectivity index (χ3v) is 6.68. The number of piperidine rings is 1. The summed E-state index contributed by atoms with van der Waals surface area (Å²) in [6.45, 7) is 2.99. The highest BCUT2D eigenvalue weighted by Gasteiger charge is 2.15. The largest absolute Gasteiger partial charge is 0.323 e. The number of para-hydroxylation sites is 1. The maximum Gasteiger partial charge on any atom is 0.323 e. The number of rotatable bonds is 8. The van der Waals surface area contributed by atoms with E-state index in [1.807, 2.05) is 23.0 Å². The minimum Gasteiger partial charge on any atom is -0.317 e. The van der Waals surface area contributed by atoms with Gasteiger partial charge in [-0.3, -0.25) is 9.48 Å². The summed E-state index contributed by atoms with van der Waals surface area (Å²) in [5.41, 5.74) is 3.22. The van der Waals surface area contributed by atoms with Crippen molar-refractivity contribution in [3.8, 4) is 5.69 Å². The number of urea groups is 1.